The number of ether oxygens (including phenoxy) is 1. The fourth-order valence-electron chi connectivity index (χ4n) is 4.59. The summed E-state index contributed by atoms with van der Waals surface area (Å²) < 4.78 is 33.9. The van der Waals surface area contributed by atoms with Gasteiger partial charge in [-0.2, -0.15) is 0 Å². The van der Waals surface area contributed by atoms with E-state index in [0.29, 0.717) is 16.3 Å². The number of benzene rings is 2. The summed E-state index contributed by atoms with van der Waals surface area (Å²) in [6.45, 7) is 7.17. The van der Waals surface area contributed by atoms with Crippen LogP contribution in [0.2, 0.25) is 0 Å². The van der Waals surface area contributed by atoms with E-state index in [0.717, 1.165) is 57.1 Å². The smallest absolute Gasteiger partial charge is 0.341 e. The van der Waals surface area contributed by atoms with Crippen molar-refractivity contribution in [1.82, 2.24) is 0 Å². The van der Waals surface area contributed by atoms with E-state index < -0.39 is 28.4 Å². The van der Waals surface area contributed by atoms with E-state index in [9.17, 15) is 18.0 Å². The largest absolute Gasteiger partial charge is 0.462 e. The van der Waals surface area contributed by atoms with E-state index in [1.807, 2.05) is 32.9 Å². The summed E-state index contributed by atoms with van der Waals surface area (Å²) in [7, 11) is -4.05. The van der Waals surface area contributed by atoms with Crippen molar-refractivity contribution in [3.05, 3.63) is 75.2 Å². The number of anilines is 2. The topological polar surface area (TPSA) is 92.8 Å². The molecule has 1 N–H and O–H groups in total. The number of nitrogens with one attached hydrogen (secondary N) is 1. The minimum atomic E-state index is -4.05. The lowest BCUT2D eigenvalue weighted by Crippen LogP contribution is -2.38. The van der Waals surface area contributed by atoms with Gasteiger partial charge in [0.15, 0.2) is 0 Å². The normalized spacial score (nSPS) is 13.1. The van der Waals surface area contributed by atoms with Crippen LogP contribution in [0.3, 0.4) is 0 Å². The molecular formula is C28H32N2O5S2. The van der Waals surface area contributed by atoms with Crippen LogP contribution in [-0.2, 0) is 32.4 Å². The van der Waals surface area contributed by atoms with Crippen LogP contribution >= 0.6 is 11.3 Å². The van der Waals surface area contributed by atoms with Crippen molar-refractivity contribution in [2.24, 2.45) is 0 Å². The van der Waals surface area contributed by atoms with Crippen LogP contribution in [0.15, 0.2) is 47.4 Å². The molecule has 196 valence electrons. The van der Waals surface area contributed by atoms with Gasteiger partial charge in [-0.3, -0.25) is 9.10 Å². The average Bonchev–Trinajstić information content (AvgIpc) is 3.21. The molecule has 2 aromatic carbocycles. The highest BCUT2D eigenvalue weighted by Crippen LogP contribution is 2.39. The van der Waals surface area contributed by atoms with Gasteiger partial charge in [0.1, 0.15) is 11.5 Å². The van der Waals surface area contributed by atoms with Crippen molar-refractivity contribution < 1.29 is 22.7 Å². The first-order valence-electron chi connectivity index (χ1n) is 12.4. The summed E-state index contributed by atoms with van der Waals surface area (Å²) in [4.78, 5) is 27.4. The number of thiophene rings is 1. The predicted octanol–water partition coefficient (Wildman–Crippen LogP) is 5.56. The number of carbonyl (C=O) groups is 2. The van der Waals surface area contributed by atoms with E-state index in [1.165, 1.54) is 11.3 Å². The van der Waals surface area contributed by atoms with Gasteiger partial charge in [0, 0.05) is 4.88 Å². The molecule has 4 rings (SSSR count). The fraction of sp³-hybridized carbons (Fsp3) is 0.357. The van der Waals surface area contributed by atoms with Gasteiger partial charge in [0.2, 0.25) is 5.91 Å². The third-order valence-electron chi connectivity index (χ3n) is 6.42. The zero-order chi connectivity index (χ0) is 26.7. The van der Waals surface area contributed by atoms with Crippen LogP contribution in [0.25, 0.3) is 0 Å². The van der Waals surface area contributed by atoms with E-state index in [2.05, 4.69) is 5.32 Å². The minimum Gasteiger partial charge on any atom is -0.462 e. The summed E-state index contributed by atoms with van der Waals surface area (Å²) in [5, 5.41) is 3.26. The van der Waals surface area contributed by atoms with Crippen LogP contribution in [0.4, 0.5) is 10.7 Å². The Balaban J connectivity index is 1.70. The molecule has 0 saturated heterocycles. The average molecular weight is 541 g/mol. The Morgan fingerprint density at radius 3 is 2.35 bits per heavy atom. The third-order valence-corrected chi connectivity index (χ3v) is 9.40. The highest BCUT2D eigenvalue weighted by molar-refractivity contribution is 7.92. The molecule has 1 amide bonds. The Hall–Kier alpha value is -3.17. The molecule has 37 heavy (non-hydrogen) atoms. The molecule has 0 unspecified atom stereocenters. The van der Waals surface area contributed by atoms with Crippen molar-refractivity contribution in [2.75, 3.05) is 22.8 Å². The summed E-state index contributed by atoms with van der Waals surface area (Å²) in [6, 6.07) is 12.0. The molecule has 0 bridgehead atoms. The zero-order valence-electron chi connectivity index (χ0n) is 21.6. The molecule has 1 aliphatic rings. The number of nitrogens with zero attached hydrogens (tertiary/aromatic N) is 1. The molecule has 0 saturated carbocycles. The van der Waals surface area contributed by atoms with Gasteiger partial charge in [-0.05, 0) is 82.7 Å². The van der Waals surface area contributed by atoms with Gasteiger partial charge in [-0.25, -0.2) is 13.2 Å². The predicted molar refractivity (Wildman–Crippen MR) is 147 cm³/mol. The van der Waals surface area contributed by atoms with Gasteiger partial charge < -0.3 is 10.1 Å². The second kappa shape index (κ2) is 11.1. The Kier molecular flexibility index (Phi) is 8.04. The number of rotatable bonds is 8. The van der Waals surface area contributed by atoms with Crippen molar-refractivity contribution in [1.29, 1.82) is 0 Å². The van der Waals surface area contributed by atoms with Crippen LogP contribution < -0.4 is 9.62 Å². The van der Waals surface area contributed by atoms with Crippen LogP contribution in [-0.4, -0.2) is 33.4 Å². The Morgan fingerprint density at radius 1 is 1.00 bits per heavy atom. The summed E-state index contributed by atoms with van der Waals surface area (Å²) >= 11 is 1.38. The van der Waals surface area contributed by atoms with Crippen LogP contribution in [0.1, 0.15) is 57.3 Å². The quantitative estimate of drug-likeness (QED) is 0.378. The van der Waals surface area contributed by atoms with Crippen molar-refractivity contribution in [3.8, 4) is 0 Å². The Bertz CT molecular complexity index is 1430. The molecule has 3 aromatic rings. The summed E-state index contributed by atoms with van der Waals surface area (Å²) in [6.07, 6.45) is 3.60. The number of carbonyl (C=O) groups excluding carboxylic acids is 2. The highest BCUT2D eigenvalue weighted by atomic mass is 32.2. The maximum Gasteiger partial charge on any atom is 0.341 e. The highest BCUT2D eigenvalue weighted by Gasteiger charge is 2.31. The maximum atomic E-state index is 13.8. The van der Waals surface area contributed by atoms with Gasteiger partial charge >= 0.3 is 5.97 Å². The number of amides is 1. The molecule has 9 heteroatoms. The standard InChI is InChI=1S/C28H32N2O5S2/c1-5-35-28(32)26-22-8-6-7-9-24(22)36-27(26)29-25(31)17-30(23-15-12-19(3)16-20(23)4)37(33,34)21-13-10-18(2)11-14-21/h10-16H,5-9,17H2,1-4H3,(H,29,31). The lowest BCUT2D eigenvalue weighted by Gasteiger charge is -2.26. The summed E-state index contributed by atoms with van der Waals surface area (Å²) in [5.74, 6) is -0.990. The monoisotopic (exact) mass is 540 g/mol. The SMILES string of the molecule is CCOC(=O)c1c(NC(=O)CN(c2ccc(C)cc2C)S(=O)(=O)c2ccc(C)cc2)sc2c1CCCC2. The lowest BCUT2D eigenvalue weighted by molar-refractivity contribution is -0.114. The second-order valence-electron chi connectivity index (χ2n) is 9.30. The van der Waals surface area contributed by atoms with Gasteiger partial charge in [0.05, 0.1) is 22.8 Å². The first-order chi connectivity index (χ1) is 17.6. The lowest BCUT2D eigenvalue weighted by atomic mass is 9.95. The third kappa shape index (κ3) is 5.72. The van der Waals surface area contributed by atoms with Gasteiger partial charge in [-0.15, -0.1) is 11.3 Å². The van der Waals surface area contributed by atoms with Crippen molar-refractivity contribution in [2.45, 2.75) is 58.3 Å². The second-order valence-corrected chi connectivity index (χ2v) is 12.3. The van der Waals surface area contributed by atoms with E-state index in [1.54, 1.807) is 37.3 Å². The fourth-order valence-corrected chi connectivity index (χ4v) is 7.37. The molecule has 7 nitrogen and oxygen atoms in total. The number of hydrogen-bond donors (Lipinski definition) is 1. The number of esters is 1. The number of fused-ring (bicyclic) bond motifs is 1. The maximum absolute atomic E-state index is 13.8. The number of hydrogen-bond acceptors (Lipinski definition) is 6. The van der Waals surface area contributed by atoms with Crippen molar-refractivity contribution >= 4 is 43.9 Å². The molecule has 0 aliphatic heterocycles. The molecule has 1 heterocycles. The van der Waals surface area contributed by atoms with E-state index >= 15 is 0 Å². The molecule has 1 aromatic heterocycles. The van der Waals surface area contributed by atoms with Gasteiger partial charge in [-0.1, -0.05) is 35.4 Å². The first kappa shape index (κ1) is 26.9. The molecule has 0 spiro atoms. The molecule has 0 radical (unpaired) electrons. The van der Waals surface area contributed by atoms with E-state index in [-0.39, 0.29) is 11.5 Å². The van der Waals surface area contributed by atoms with Crippen molar-refractivity contribution in [3.63, 3.8) is 0 Å². The minimum absolute atomic E-state index is 0.102. The number of sulfonamides is 1. The Labute approximate surface area is 222 Å². The summed E-state index contributed by atoms with van der Waals surface area (Å²) in [5.41, 5.74) is 4.42. The molecular weight excluding hydrogens is 508 g/mol. The molecule has 0 atom stereocenters. The van der Waals surface area contributed by atoms with Gasteiger partial charge in [0.25, 0.3) is 10.0 Å². The zero-order valence-corrected chi connectivity index (χ0v) is 23.2. The first-order valence-corrected chi connectivity index (χ1v) is 14.7. The Morgan fingerprint density at radius 2 is 1.68 bits per heavy atom. The molecule has 0 fully saturated rings. The molecule has 1 aliphatic carbocycles. The van der Waals surface area contributed by atoms with Crippen LogP contribution in [0.5, 0.6) is 0 Å². The van der Waals surface area contributed by atoms with Crippen LogP contribution in [0, 0.1) is 20.8 Å². The number of aryl methyl sites for hydroxylation is 4. The van der Waals surface area contributed by atoms with E-state index in [4.69, 9.17) is 4.74 Å².